The first-order valence-electron chi connectivity index (χ1n) is 7.37. The number of hydrogen-bond acceptors (Lipinski definition) is 4. The van der Waals surface area contributed by atoms with E-state index < -0.39 is 0 Å². The summed E-state index contributed by atoms with van der Waals surface area (Å²) < 4.78 is 5.79. The number of nitrogens with zero attached hydrogens (tertiary/aromatic N) is 3. The Morgan fingerprint density at radius 2 is 1.45 bits per heavy atom. The van der Waals surface area contributed by atoms with Crippen molar-refractivity contribution in [3.8, 4) is 28.5 Å². The van der Waals surface area contributed by atoms with Crippen molar-refractivity contribution in [1.29, 1.82) is 0 Å². The van der Waals surface area contributed by atoms with Crippen molar-refractivity contribution >= 4 is 0 Å². The van der Waals surface area contributed by atoms with E-state index in [0.717, 1.165) is 17.5 Å². The van der Waals surface area contributed by atoms with E-state index in [1.807, 2.05) is 60.7 Å². The van der Waals surface area contributed by atoms with Crippen LogP contribution in [-0.2, 0) is 0 Å². The lowest BCUT2D eigenvalue weighted by molar-refractivity contribution is 0.305. The van der Waals surface area contributed by atoms with Gasteiger partial charge in [-0.3, -0.25) is 0 Å². The summed E-state index contributed by atoms with van der Waals surface area (Å²) in [5.41, 5.74) is 2.55. The molecule has 0 spiro atoms. The normalized spacial score (nSPS) is 10.4. The minimum Gasteiger partial charge on any atom is -0.476 e. The number of benzene rings is 2. The van der Waals surface area contributed by atoms with Crippen LogP contribution >= 0.6 is 0 Å². The zero-order valence-electron chi connectivity index (χ0n) is 12.4. The van der Waals surface area contributed by atoms with Crippen molar-refractivity contribution in [2.45, 2.75) is 13.3 Å². The highest BCUT2D eigenvalue weighted by Crippen LogP contribution is 2.27. The van der Waals surface area contributed by atoms with Gasteiger partial charge in [-0.15, -0.1) is 10.2 Å². The van der Waals surface area contributed by atoms with Crippen molar-refractivity contribution in [2.24, 2.45) is 0 Å². The molecule has 0 N–H and O–H groups in total. The Morgan fingerprint density at radius 1 is 0.818 bits per heavy atom. The molecule has 1 heterocycles. The lowest BCUT2D eigenvalue weighted by Crippen LogP contribution is -2.04. The first kappa shape index (κ1) is 14.2. The Labute approximate surface area is 129 Å². The molecule has 0 unspecified atom stereocenters. The third-order valence-electron chi connectivity index (χ3n) is 3.18. The molecule has 2 aromatic carbocycles. The maximum Gasteiger partial charge on any atom is 0.244 e. The van der Waals surface area contributed by atoms with Gasteiger partial charge in [0, 0.05) is 11.1 Å². The van der Waals surface area contributed by atoms with Gasteiger partial charge in [0.15, 0.2) is 11.5 Å². The van der Waals surface area contributed by atoms with Crippen LogP contribution < -0.4 is 4.74 Å². The largest absolute Gasteiger partial charge is 0.476 e. The van der Waals surface area contributed by atoms with Crippen LogP contribution in [0.2, 0.25) is 0 Å². The molecule has 4 heteroatoms. The molecule has 0 saturated heterocycles. The first-order chi connectivity index (χ1) is 10.9. The van der Waals surface area contributed by atoms with E-state index in [1.54, 1.807) is 0 Å². The van der Waals surface area contributed by atoms with Crippen LogP contribution in [0.4, 0.5) is 0 Å². The van der Waals surface area contributed by atoms with Gasteiger partial charge in [0.2, 0.25) is 5.88 Å². The molecule has 0 radical (unpaired) electrons. The first-order valence-corrected chi connectivity index (χ1v) is 7.37. The second-order valence-electron chi connectivity index (χ2n) is 4.87. The average Bonchev–Trinajstić information content (AvgIpc) is 2.61. The summed E-state index contributed by atoms with van der Waals surface area (Å²) in [6, 6.07) is 19.6. The predicted molar refractivity (Wildman–Crippen MR) is 86.5 cm³/mol. The zero-order chi connectivity index (χ0) is 15.2. The summed E-state index contributed by atoms with van der Waals surface area (Å²) in [5, 5.41) is 8.59. The molecule has 0 atom stereocenters. The van der Waals surface area contributed by atoms with Crippen LogP contribution in [-0.4, -0.2) is 21.8 Å². The number of aromatic nitrogens is 3. The summed E-state index contributed by atoms with van der Waals surface area (Å²) in [5.74, 6) is 1.10. The fourth-order valence-electron chi connectivity index (χ4n) is 2.10. The Hall–Kier alpha value is -2.75. The van der Waals surface area contributed by atoms with Crippen LogP contribution in [0.25, 0.3) is 22.6 Å². The summed E-state index contributed by atoms with van der Waals surface area (Å²) in [7, 11) is 0. The van der Waals surface area contributed by atoms with Gasteiger partial charge < -0.3 is 4.74 Å². The van der Waals surface area contributed by atoms with Gasteiger partial charge >= 0.3 is 0 Å². The molecular weight excluding hydrogens is 274 g/mol. The molecule has 110 valence electrons. The van der Waals surface area contributed by atoms with Gasteiger partial charge in [-0.25, -0.2) is 0 Å². The Bertz CT molecular complexity index is 730. The van der Waals surface area contributed by atoms with E-state index in [0.29, 0.717) is 24.0 Å². The van der Waals surface area contributed by atoms with Gasteiger partial charge in [-0.05, 0) is 6.42 Å². The van der Waals surface area contributed by atoms with Gasteiger partial charge in [0.25, 0.3) is 0 Å². The average molecular weight is 291 g/mol. The van der Waals surface area contributed by atoms with Crippen molar-refractivity contribution in [1.82, 2.24) is 15.2 Å². The molecular formula is C18H17N3O. The van der Waals surface area contributed by atoms with Crippen LogP contribution in [0.1, 0.15) is 13.3 Å². The van der Waals surface area contributed by atoms with E-state index in [4.69, 9.17) is 4.74 Å². The van der Waals surface area contributed by atoms with Crippen molar-refractivity contribution < 1.29 is 4.74 Å². The SMILES string of the molecule is CCCOc1nc(-c2ccccc2)nnc1-c1ccccc1. The van der Waals surface area contributed by atoms with E-state index in [-0.39, 0.29) is 0 Å². The van der Waals surface area contributed by atoms with Crippen LogP contribution in [0.3, 0.4) is 0 Å². The molecule has 3 aromatic rings. The highest BCUT2D eigenvalue weighted by molar-refractivity contribution is 5.65. The molecule has 0 bridgehead atoms. The van der Waals surface area contributed by atoms with Gasteiger partial charge in [-0.2, -0.15) is 4.98 Å². The predicted octanol–water partition coefficient (Wildman–Crippen LogP) is 3.99. The second-order valence-corrected chi connectivity index (χ2v) is 4.87. The number of rotatable bonds is 5. The standard InChI is InChI=1S/C18H17N3O/c1-2-13-22-18-16(14-9-5-3-6-10-14)20-21-17(19-18)15-11-7-4-8-12-15/h3-12H,2,13H2,1H3. The Balaban J connectivity index is 2.04. The fourth-order valence-corrected chi connectivity index (χ4v) is 2.10. The lowest BCUT2D eigenvalue weighted by Gasteiger charge is -2.10. The highest BCUT2D eigenvalue weighted by Gasteiger charge is 2.13. The molecule has 3 rings (SSSR count). The van der Waals surface area contributed by atoms with E-state index in [9.17, 15) is 0 Å². The van der Waals surface area contributed by atoms with E-state index in [2.05, 4.69) is 22.1 Å². The minimum absolute atomic E-state index is 0.530. The van der Waals surface area contributed by atoms with E-state index in [1.165, 1.54) is 0 Å². The van der Waals surface area contributed by atoms with Crippen LogP contribution in [0.15, 0.2) is 60.7 Å². The number of ether oxygens (including phenoxy) is 1. The maximum absolute atomic E-state index is 5.79. The lowest BCUT2D eigenvalue weighted by atomic mass is 10.1. The highest BCUT2D eigenvalue weighted by atomic mass is 16.5. The molecule has 1 aromatic heterocycles. The summed E-state index contributed by atoms with van der Waals surface area (Å²) >= 11 is 0. The maximum atomic E-state index is 5.79. The second kappa shape index (κ2) is 6.80. The van der Waals surface area contributed by atoms with Gasteiger partial charge in [0.05, 0.1) is 6.61 Å². The summed E-state index contributed by atoms with van der Waals surface area (Å²) in [4.78, 5) is 4.56. The third kappa shape index (κ3) is 3.11. The molecule has 0 amide bonds. The summed E-state index contributed by atoms with van der Waals surface area (Å²) in [6.07, 6.45) is 0.916. The van der Waals surface area contributed by atoms with Gasteiger partial charge in [0.1, 0.15) is 0 Å². The minimum atomic E-state index is 0.530. The Morgan fingerprint density at radius 3 is 2.09 bits per heavy atom. The molecule has 4 nitrogen and oxygen atoms in total. The molecule has 0 aliphatic heterocycles. The molecule has 22 heavy (non-hydrogen) atoms. The topological polar surface area (TPSA) is 47.9 Å². The van der Waals surface area contributed by atoms with Crippen LogP contribution in [0, 0.1) is 0 Å². The van der Waals surface area contributed by atoms with E-state index >= 15 is 0 Å². The fraction of sp³-hybridized carbons (Fsp3) is 0.167. The summed E-state index contributed by atoms with van der Waals surface area (Å²) in [6.45, 7) is 2.67. The van der Waals surface area contributed by atoms with Crippen molar-refractivity contribution in [3.63, 3.8) is 0 Å². The van der Waals surface area contributed by atoms with Crippen molar-refractivity contribution in [3.05, 3.63) is 60.7 Å². The van der Waals surface area contributed by atoms with Crippen molar-refractivity contribution in [2.75, 3.05) is 6.61 Å². The smallest absolute Gasteiger partial charge is 0.244 e. The molecule has 0 saturated carbocycles. The molecule has 0 aliphatic carbocycles. The number of hydrogen-bond donors (Lipinski definition) is 0. The van der Waals surface area contributed by atoms with Gasteiger partial charge in [-0.1, -0.05) is 67.6 Å². The Kier molecular flexibility index (Phi) is 4.39. The molecule has 0 fully saturated rings. The monoisotopic (exact) mass is 291 g/mol. The van der Waals surface area contributed by atoms with Crippen LogP contribution in [0.5, 0.6) is 5.88 Å². The molecule has 0 aliphatic rings. The quantitative estimate of drug-likeness (QED) is 0.713. The third-order valence-corrected chi connectivity index (χ3v) is 3.18. The zero-order valence-corrected chi connectivity index (χ0v) is 12.4.